The first kappa shape index (κ1) is 24.3. The molecular weight excluding hydrogens is 424 g/mol. The first-order valence-electron chi connectivity index (χ1n) is 10.9. The van der Waals surface area contributed by atoms with Gasteiger partial charge in [0.05, 0.1) is 12.5 Å². The van der Waals surface area contributed by atoms with Crippen molar-refractivity contribution in [2.45, 2.75) is 45.3 Å². The molecule has 2 atom stereocenters. The second kappa shape index (κ2) is 10.0. The quantitative estimate of drug-likeness (QED) is 0.486. The van der Waals surface area contributed by atoms with Gasteiger partial charge >= 0.3 is 12.1 Å². The molecule has 8 heteroatoms. The van der Waals surface area contributed by atoms with Crippen LogP contribution in [0.25, 0.3) is 11.1 Å². The number of ether oxygens (including phenoxy) is 1. The van der Waals surface area contributed by atoms with Gasteiger partial charge in [0, 0.05) is 12.5 Å². The number of hydrogen-bond acceptors (Lipinski definition) is 5. The molecule has 2 aromatic rings. The second-order valence-corrected chi connectivity index (χ2v) is 9.27. The molecule has 1 aliphatic rings. The summed E-state index contributed by atoms with van der Waals surface area (Å²) in [4.78, 5) is 36.0. The van der Waals surface area contributed by atoms with Gasteiger partial charge < -0.3 is 25.6 Å². The summed E-state index contributed by atoms with van der Waals surface area (Å²) in [6, 6.07) is 15.1. The van der Waals surface area contributed by atoms with Crippen molar-refractivity contribution in [2.75, 3.05) is 13.2 Å². The topological polar surface area (TPSA) is 125 Å². The summed E-state index contributed by atoms with van der Waals surface area (Å²) in [5.74, 6) is -1.79. The van der Waals surface area contributed by atoms with E-state index < -0.39 is 42.0 Å². The lowest BCUT2D eigenvalue weighted by molar-refractivity contribution is -0.139. The fraction of sp³-hybridized carbons (Fsp3) is 0.400. The molecule has 2 unspecified atom stereocenters. The maximum Gasteiger partial charge on any atom is 0.407 e. The number of rotatable bonds is 8. The van der Waals surface area contributed by atoms with Crippen LogP contribution in [-0.2, 0) is 14.3 Å². The van der Waals surface area contributed by atoms with E-state index in [1.54, 1.807) is 20.8 Å². The normalized spacial score (nSPS) is 14.5. The first-order chi connectivity index (χ1) is 15.6. The van der Waals surface area contributed by atoms with Gasteiger partial charge in [0.25, 0.3) is 0 Å². The van der Waals surface area contributed by atoms with Crippen molar-refractivity contribution < 1.29 is 29.3 Å². The molecule has 1 aliphatic carbocycles. The molecule has 4 N–H and O–H groups in total. The number of carbonyl (C=O) groups is 3. The highest BCUT2D eigenvalue weighted by Gasteiger charge is 2.34. The number of hydrogen-bond donors (Lipinski definition) is 4. The minimum atomic E-state index is -1.22. The zero-order valence-electron chi connectivity index (χ0n) is 19.0. The van der Waals surface area contributed by atoms with Gasteiger partial charge in [0.2, 0.25) is 5.91 Å². The van der Waals surface area contributed by atoms with Crippen LogP contribution in [0.15, 0.2) is 48.5 Å². The lowest BCUT2D eigenvalue weighted by Crippen LogP contribution is -2.54. The number of aliphatic hydroxyl groups is 1. The Morgan fingerprint density at radius 3 is 2.06 bits per heavy atom. The third-order valence-corrected chi connectivity index (χ3v) is 5.66. The maximum absolute atomic E-state index is 12.7. The zero-order valence-corrected chi connectivity index (χ0v) is 19.0. The number of nitrogens with one attached hydrogen (secondary N) is 2. The first-order valence-corrected chi connectivity index (χ1v) is 10.9. The fourth-order valence-electron chi connectivity index (χ4n) is 4.03. The summed E-state index contributed by atoms with van der Waals surface area (Å²) in [6.07, 6.45) is -2.43. The van der Waals surface area contributed by atoms with E-state index in [1.807, 2.05) is 48.5 Å². The van der Waals surface area contributed by atoms with Gasteiger partial charge in [-0.25, -0.2) is 4.79 Å². The molecule has 8 nitrogen and oxygen atoms in total. The predicted octanol–water partition coefficient (Wildman–Crippen LogP) is 2.89. The number of benzene rings is 2. The summed E-state index contributed by atoms with van der Waals surface area (Å²) >= 11 is 0. The molecule has 0 fully saturated rings. The summed E-state index contributed by atoms with van der Waals surface area (Å²) in [7, 11) is 0. The van der Waals surface area contributed by atoms with E-state index >= 15 is 0 Å². The van der Waals surface area contributed by atoms with Crippen molar-refractivity contribution in [1.29, 1.82) is 0 Å². The molecule has 33 heavy (non-hydrogen) atoms. The molecule has 176 valence electrons. The molecule has 0 radical (unpaired) electrons. The van der Waals surface area contributed by atoms with E-state index in [2.05, 4.69) is 10.6 Å². The van der Waals surface area contributed by atoms with Crippen molar-refractivity contribution >= 4 is 18.0 Å². The van der Waals surface area contributed by atoms with Crippen molar-refractivity contribution in [3.63, 3.8) is 0 Å². The summed E-state index contributed by atoms with van der Waals surface area (Å²) in [6.45, 7) is 5.25. The maximum atomic E-state index is 12.7. The van der Waals surface area contributed by atoms with Gasteiger partial charge in [-0.05, 0) is 27.7 Å². The van der Waals surface area contributed by atoms with Gasteiger partial charge in [0.15, 0.2) is 0 Å². The van der Waals surface area contributed by atoms with Crippen molar-refractivity contribution in [2.24, 2.45) is 5.41 Å². The van der Waals surface area contributed by atoms with Gasteiger partial charge in [-0.1, -0.05) is 69.3 Å². The Balaban J connectivity index is 1.63. The molecule has 0 bridgehead atoms. The highest BCUT2D eigenvalue weighted by atomic mass is 16.5. The van der Waals surface area contributed by atoms with Crippen LogP contribution in [0.4, 0.5) is 4.79 Å². The molecule has 3 rings (SSSR count). The van der Waals surface area contributed by atoms with Crippen LogP contribution >= 0.6 is 0 Å². The summed E-state index contributed by atoms with van der Waals surface area (Å²) < 4.78 is 5.54. The minimum Gasteiger partial charge on any atom is -0.481 e. The Morgan fingerprint density at radius 1 is 1.00 bits per heavy atom. The van der Waals surface area contributed by atoms with E-state index in [9.17, 15) is 19.5 Å². The van der Waals surface area contributed by atoms with Gasteiger partial charge in [0.1, 0.15) is 12.6 Å². The molecule has 0 aromatic heterocycles. The molecular formula is C25H30N2O6. The van der Waals surface area contributed by atoms with Crippen LogP contribution in [0.5, 0.6) is 0 Å². The average Bonchev–Trinajstić information content (AvgIpc) is 3.07. The highest BCUT2D eigenvalue weighted by Crippen LogP contribution is 2.44. The molecule has 2 amide bonds. The minimum absolute atomic E-state index is 0.101. The molecule has 0 saturated heterocycles. The molecule has 0 heterocycles. The number of aliphatic hydroxyl groups excluding tert-OH is 1. The third kappa shape index (κ3) is 5.90. The summed E-state index contributed by atoms with van der Waals surface area (Å²) in [5.41, 5.74) is 3.77. The van der Waals surface area contributed by atoms with Crippen LogP contribution in [-0.4, -0.2) is 53.5 Å². The second-order valence-electron chi connectivity index (χ2n) is 9.27. The molecule has 2 aromatic carbocycles. The van der Waals surface area contributed by atoms with Crippen LogP contribution in [0, 0.1) is 5.41 Å². The Bertz CT molecular complexity index is 984. The van der Waals surface area contributed by atoms with Gasteiger partial charge in [-0.15, -0.1) is 0 Å². The lowest BCUT2D eigenvalue weighted by Gasteiger charge is -2.30. The predicted molar refractivity (Wildman–Crippen MR) is 123 cm³/mol. The Hall–Kier alpha value is -3.39. The third-order valence-electron chi connectivity index (χ3n) is 5.66. The van der Waals surface area contributed by atoms with Gasteiger partial charge in [-0.3, -0.25) is 9.59 Å². The fourth-order valence-corrected chi connectivity index (χ4v) is 4.03. The van der Waals surface area contributed by atoms with E-state index in [0.29, 0.717) is 0 Å². The number of amides is 2. The Labute approximate surface area is 193 Å². The van der Waals surface area contributed by atoms with Crippen LogP contribution in [0.1, 0.15) is 44.2 Å². The standard InChI is InChI=1S/C25H30N2O6/c1-25(2,3)22(23(31)26-13-15(28)12-21(29)30)27-24(32)33-14-20-18-10-6-4-8-16(18)17-9-5-7-11-19(17)20/h4-11,15,20,22,28H,12-14H2,1-3H3,(H,26,31)(H,27,32)(H,29,30). The molecule has 0 spiro atoms. The Kier molecular flexibility index (Phi) is 7.38. The van der Waals surface area contributed by atoms with Crippen LogP contribution < -0.4 is 10.6 Å². The van der Waals surface area contributed by atoms with Gasteiger partial charge in [-0.2, -0.15) is 0 Å². The van der Waals surface area contributed by atoms with Crippen LogP contribution in [0.2, 0.25) is 0 Å². The highest BCUT2D eigenvalue weighted by molar-refractivity contribution is 5.86. The van der Waals surface area contributed by atoms with Crippen LogP contribution in [0.3, 0.4) is 0 Å². The van der Waals surface area contributed by atoms with Crippen molar-refractivity contribution in [1.82, 2.24) is 10.6 Å². The number of carboxylic acids is 1. The number of fused-ring (bicyclic) bond motifs is 3. The molecule has 0 saturated carbocycles. The SMILES string of the molecule is CC(C)(C)C(NC(=O)OCC1c2ccccc2-c2ccccc21)C(=O)NCC(O)CC(=O)O. The number of carboxylic acid groups (broad SMARTS) is 1. The van der Waals surface area contributed by atoms with E-state index in [-0.39, 0.29) is 19.1 Å². The zero-order chi connectivity index (χ0) is 24.2. The van der Waals surface area contributed by atoms with E-state index in [1.165, 1.54) is 0 Å². The number of aliphatic carboxylic acids is 1. The lowest BCUT2D eigenvalue weighted by atomic mass is 9.86. The number of alkyl carbamates (subject to hydrolysis) is 1. The van der Waals surface area contributed by atoms with E-state index in [4.69, 9.17) is 9.84 Å². The van der Waals surface area contributed by atoms with Crippen molar-refractivity contribution in [3.05, 3.63) is 59.7 Å². The monoisotopic (exact) mass is 454 g/mol. The van der Waals surface area contributed by atoms with Crippen molar-refractivity contribution in [3.8, 4) is 11.1 Å². The summed E-state index contributed by atoms with van der Waals surface area (Å²) in [5, 5.41) is 23.5. The molecule has 0 aliphatic heterocycles. The van der Waals surface area contributed by atoms with E-state index in [0.717, 1.165) is 22.3 Å². The smallest absolute Gasteiger partial charge is 0.407 e. The largest absolute Gasteiger partial charge is 0.481 e. The Morgan fingerprint density at radius 2 is 1.55 bits per heavy atom. The number of carbonyl (C=O) groups excluding carboxylic acids is 2. The average molecular weight is 455 g/mol.